The van der Waals surface area contributed by atoms with Crippen LogP contribution >= 0.6 is 0 Å². The molecule has 0 unspecified atom stereocenters. The topological polar surface area (TPSA) is 78.9 Å². The van der Waals surface area contributed by atoms with Gasteiger partial charge < -0.3 is 10.1 Å². The number of aryl methyl sites for hydroxylation is 1. The lowest BCUT2D eigenvalue weighted by Gasteiger charge is -2.25. The number of hydrogen-bond acceptors (Lipinski definition) is 3. The van der Waals surface area contributed by atoms with Crippen LogP contribution < -0.4 is 0 Å². The molecule has 2 aromatic heterocycles. The zero-order chi connectivity index (χ0) is 14.2. The molecule has 0 atom stereocenters. The van der Waals surface area contributed by atoms with Gasteiger partial charge in [0, 0.05) is 12.6 Å². The number of aromatic nitrogens is 3. The van der Waals surface area contributed by atoms with E-state index in [0.717, 1.165) is 42.6 Å². The van der Waals surface area contributed by atoms with Crippen molar-refractivity contribution in [3.05, 3.63) is 23.7 Å². The van der Waals surface area contributed by atoms with Gasteiger partial charge in [0.25, 0.3) is 0 Å². The lowest BCUT2D eigenvalue weighted by atomic mass is 9.79. The van der Waals surface area contributed by atoms with Gasteiger partial charge in [0.15, 0.2) is 5.65 Å². The third-order valence-corrected chi connectivity index (χ3v) is 4.26. The average molecular weight is 273 g/mol. The molecule has 0 saturated heterocycles. The molecule has 3 rings (SSSR count). The van der Waals surface area contributed by atoms with E-state index in [2.05, 4.69) is 15.0 Å². The van der Waals surface area contributed by atoms with Crippen molar-refractivity contribution in [3.63, 3.8) is 0 Å². The fourth-order valence-electron chi connectivity index (χ4n) is 3.36. The van der Waals surface area contributed by atoms with Gasteiger partial charge in [-0.1, -0.05) is 12.8 Å². The van der Waals surface area contributed by atoms with Crippen LogP contribution in [0.1, 0.15) is 43.5 Å². The number of imidazole rings is 1. The van der Waals surface area contributed by atoms with Gasteiger partial charge in [-0.25, -0.2) is 9.97 Å². The van der Waals surface area contributed by atoms with Crippen LogP contribution in [-0.2, 0) is 11.2 Å². The van der Waals surface area contributed by atoms with Crippen molar-refractivity contribution in [2.75, 3.05) is 0 Å². The van der Waals surface area contributed by atoms with E-state index in [0.29, 0.717) is 12.1 Å². The minimum absolute atomic E-state index is 0.130. The number of carboxylic acid groups (broad SMARTS) is 1. The maximum Gasteiger partial charge on any atom is 0.303 e. The highest BCUT2D eigenvalue weighted by Crippen LogP contribution is 2.43. The van der Waals surface area contributed by atoms with Gasteiger partial charge >= 0.3 is 5.97 Å². The Labute approximate surface area is 117 Å². The van der Waals surface area contributed by atoms with E-state index < -0.39 is 5.97 Å². The molecule has 0 aliphatic heterocycles. The quantitative estimate of drug-likeness (QED) is 0.897. The number of carboxylic acids is 1. The highest BCUT2D eigenvalue weighted by atomic mass is 16.4. The summed E-state index contributed by atoms with van der Waals surface area (Å²) in [6.07, 6.45) is 6.92. The summed E-state index contributed by atoms with van der Waals surface area (Å²) in [4.78, 5) is 23.2. The molecule has 0 spiro atoms. The van der Waals surface area contributed by atoms with Crippen LogP contribution in [-0.4, -0.2) is 26.0 Å². The van der Waals surface area contributed by atoms with E-state index in [9.17, 15) is 4.79 Å². The Morgan fingerprint density at radius 3 is 2.90 bits per heavy atom. The summed E-state index contributed by atoms with van der Waals surface area (Å²) in [5.41, 5.74) is 2.61. The van der Waals surface area contributed by atoms with Crippen LogP contribution in [0.25, 0.3) is 11.2 Å². The molecule has 2 heterocycles. The van der Waals surface area contributed by atoms with Gasteiger partial charge in [0.1, 0.15) is 5.82 Å². The van der Waals surface area contributed by atoms with E-state index in [1.165, 1.54) is 0 Å². The number of rotatable bonds is 4. The molecule has 1 aliphatic carbocycles. The highest BCUT2D eigenvalue weighted by Gasteiger charge is 2.37. The number of nitrogens with one attached hydrogen (secondary N) is 1. The predicted molar refractivity (Wildman–Crippen MR) is 75.5 cm³/mol. The number of fused-ring (bicyclic) bond motifs is 1. The molecule has 5 heteroatoms. The largest absolute Gasteiger partial charge is 0.481 e. The molecule has 0 bridgehead atoms. The lowest BCUT2D eigenvalue weighted by Crippen LogP contribution is -2.24. The zero-order valence-corrected chi connectivity index (χ0v) is 11.6. The fourth-order valence-corrected chi connectivity index (χ4v) is 3.36. The number of carbonyl (C=O) groups is 1. The summed E-state index contributed by atoms with van der Waals surface area (Å²) >= 11 is 0. The number of hydrogen-bond donors (Lipinski definition) is 2. The highest BCUT2D eigenvalue weighted by molar-refractivity contribution is 5.71. The van der Waals surface area contributed by atoms with Crippen molar-refractivity contribution < 1.29 is 9.90 Å². The molecule has 1 fully saturated rings. The molecule has 5 nitrogen and oxygen atoms in total. The van der Waals surface area contributed by atoms with E-state index in [1.807, 2.05) is 13.0 Å². The first-order valence-electron chi connectivity index (χ1n) is 7.09. The van der Waals surface area contributed by atoms with E-state index in [4.69, 9.17) is 5.11 Å². The summed E-state index contributed by atoms with van der Waals surface area (Å²) in [6, 6.07) is 2.03. The second-order valence-electron chi connectivity index (χ2n) is 6.02. The van der Waals surface area contributed by atoms with Crippen molar-refractivity contribution in [2.45, 2.75) is 45.4 Å². The van der Waals surface area contributed by atoms with E-state index in [1.54, 1.807) is 6.20 Å². The van der Waals surface area contributed by atoms with Crippen molar-refractivity contribution in [1.29, 1.82) is 0 Å². The van der Waals surface area contributed by atoms with E-state index >= 15 is 0 Å². The first-order chi connectivity index (χ1) is 9.56. The number of pyridine rings is 1. The van der Waals surface area contributed by atoms with E-state index in [-0.39, 0.29) is 11.8 Å². The van der Waals surface area contributed by atoms with Crippen LogP contribution in [0.4, 0.5) is 0 Å². The molecule has 0 amide bonds. The van der Waals surface area contributed by atoms with Crippen LogP contribution in [0.5, 0.6) is 0 Å². The molecule has 1 aliphatic rings. The zero-order valence-electron chi connectivity index (χ0n) is 11.6. The smallest absolute Gasteiger partial charge is 0.303 e. The van der Waals surface area contributed by atoms with Crippen molar-refractivity contribution >= 4 is 17.1 Å². The Morgan fingerprint density at radius 2 is 2.20 bits per heavy atom. The maximum absolute atomic E-state index is 11.1. The minimum atomic E-state index is -0.711. The molecule has 20 heavy (non-hydrogen) atoms. The number of aromatic amines is 1. The maximum atomic E-state index is 11.1. The molecule has 1 saturated carbocycles. The predicted octanol–water partition coefficient (Wildman–Crippen LogP) is 2.84. The van der Waals surface area contributed by atoms with Crippen molar-refractivity contribution in [1.82, 2.24) is 15.0 Å². The number of nitrogens with zero attached hydrogens (tertiary/aromatic N) is 2. The average Bonchev–Trinajstić information content (AvgIpc) is 2.94. The summed E-state index contributed by atoms with van der Waals surface area (Å²) in [5.74, 6) is 0.151. The normalized spacial score (nSPS) is 17.6. The third kappa shape index (κ3) is 2.53. The van der Waals surface area contributed by atoms with Crippen molar-refractivity contribution in [2.24, 2.45) is 5.41 Å². The molecule has 2 N–H and O–H groups in total. The van der Waals surface area contributed by atoms with Gasteiger partial charge in [0.2, 0.25) is 0 Å². The number of H-pyrrole nitrogens is 1. The molecule has 106 valence electrons. The summed E-state index contributed by atoms with van der Waals surface area (Å²) < 4.78 is 0. The third-order valence-electron chi connectivity index (χ3n) is 4.26. The summed E-state index contributed by atoms with van der Waals surface area (Å²) in [5, 5.41) is 9.15. The molecule has 0 aromatic carbocycles. The van der Waals surface area contributed by atoms with Gasteiger partial charge in [-0.05, 0) is 36.8 Å². The Kier molecular flexibility index (Phi) is 3.20. The standard InChI is InChI=1S/C15H19N3O2/c1-10-6-11-14(16-9-10)18-12(17-11)7-15(8-13(19)20)4-2-3-5-15/h6,9H,2-5,7-8H2,1H3,(H,19,20)(H,16,17,18). The van der Waals surface area contributed by atoms with Crippen LogP contribution in [0.3, 0.4) is 0 Å². The summed E-state index contributed by atoms with van der Waals surface area (Å²) in [6.45, 7) is 2.00. The Morgan fingerprint density at radius 1 is 1.45 bits per heavy atom. The molecular weight excluding hydrogens is 254 g/mol. The Hall–Kier alpha value is -1.91. The molecule has 2 aromatic rings. The molecule has 0 radical (unpaired) electrons. The fraction of sp³-hybridized carbons (Fsp3) is 0.533. The minimum Gasteiger partial charge on any atom is -0.481 e. The van der Waals surface area contributed by atoms with Crippen LogP contribution in [0, 0.1) is 12.3 Å². The van der Waals surface area contributed by atoms with Crippen LogP contribution in [0.15, 0.2) is 12.3 Å². The Bertz CT molecular complexity index is 642. The number of aliphatic carboxylic acids is 1. The van der Waals surface area contributed by atoms with Gasteiger partial charge in [-0.2, -0.15) is 0 Å². The van der Waals surface area contributed by atoms with Gasteiger partial charge in [-0.3, -0.25) is 4.79 Å². The monoisotopic (exact) mass is 273 g/mol. The van der Waals surface area contributed by atoms with Gasteiger partial charge in [0.05, 0.1) is 11.9 Å². The lowest BCUT2D eigenvalue weighted by molar-refractivity contribution is -0.139. The first kappa shape index (κ1) is 13.1. The first-order valence-corrected chi connectivity index (χ1v) is 7.09. The SMILES string of the molecule is Cc1cnc2nc(CC3(CC(=O)O)CCCC3)[nH]c2c1. The van der Waals surface area contributed by atoms with Gasteiger partial charge in [-0.15, -0.1) is 0 Å². The summed E-state index contributed by atoms with van der Waals surface area (Å²) in [7, 11) is 0. The van der Waals surface area contributed by atoms with Crippen molar-refractivity contribution in [3.8, 4) is 0 Å². The second-order valence-corrected chi connectivity index (χ2v) is 6.02. The Balaban J connectivity index is 1.88. The van der Waals surface area contributed by atoms with Crippen LogP contribution in [0.2, 0.25) is 0 Å². The second kappa shape index (κ2) is 4.89. The molecular formula is C15H19N3O2.